The third kappa shape index (κ3) is 4.53. The standard InChI is InChI=1S/C11H12ClF3N2O2S2/c1-2-17(6-11(13,14)15)21(18,19)9-4-3-7(10(16)20)5-8(9)12/h3-5H,2,6H2,1H3,(H2,16,20). The summed E-state index contributed by atoms with van der Waals surface area (Å²) >= 11 is 10.5. The van der Waals surface area contributed by atoms with Crippen LogP contribution in [0.15, 0.2) is 23.1 Å². The van der Waals surface area contributed by atoms with Crippen LogP contribution in [-0.4, -0.2) is 37.0 Å². The van der Waals surface area contributed by atoms with E-state index in [1.54, 1.807) is 0 Å². The van der Waals surface area contributed by atoms with Crippen molar-refractivity contribution in [2.45, 2.75) is 18.0 Å². The molecule has 0 saturated heterocycles. The first-order valence-corrected chi connectivity index (χ1v) is 7.88. The summed E-state index contributed by atoms with van der Waals surface area (Å²) < 4.78 is 62.1. The van der Waals surface area contributed by atoms with Gasteiger partial charge in [-0.3, -0.25) is 0 Å². The van der Waals surface area contributed by atoms with Crippen LogP contribution in [0.25, 0.3) is 0 Å². The first-order valence-electron chi connectivity index (χ1n) is 5.65. The van der Waals surface area contributed by atoms with Crippen LogP contribution in [0.1, 0.15) is 12.5 Å². The average molecular weight is 361 g/mol. The van der Waals surface area contributed by atoms with Crippen molar-refractivity contribution in [3.63, 3.8) is 0 Å². The maximum atomic E-state index is 12.4. The van der Waals surface area contributed by atoms with E-state index >= 15 is 0 Å². The van der Waals surface area contributed by atoms with Gasteiger partial charge in [0.05, 0.1) is 5.02 Å². The second-order valence-corrected chi connectivity index (χ2v) is 6.81. The van der Waals surface area contributed by atoms with Crippen LogP contribution >= 0.6 is 23.8 Å². The number of sulfonamides is 1. The molecule has 1 aromatic carbocycles. The quantitative estimate of drug-likeness (QED) is 0.820. The average Bonchev–Trinajstić information content (AvgIpc) is 2.34. The molecule has 0 spiro atoms. The molecular formula is C11H12ClF3N2O2S2. The summed E-state index contributed by atoms with van der Waals surface area (Å²) in [6, 6.07) is 3.59. The number of nitrogens with zero attached hydrogens (tertiary/aromatic N) is 1. The molecule has 0 aliphatic heterocycles. The van der Waals surface area contributed by atoms with Gasteiger partial charge in [0, 0.05) is 12.1 Å². The van der Waals surface area contributed by atoms with Crippen molar-refractivity contribution in [3.8, 4) is 0 Å². The van der Waals surface area contributed by atoms with E-state index in [1.165, 1.54) is 19.1 Å². The molecule has 0 heterocycles. The molecule has 10 heteroatoms. The molecule has 1 aromatic rings. The number of alkyl halides is 3. The van der Waals surface area contributed by atoms with Crippen LogP contribution in [0.3, 0.4) is 0 Å². The van der Waals surface area contributed by atoms with Crippen molar-refractivity contribution in [2.75, 3.05) is 13.1 Å². The van der Waals surface area contributed by atoms with Gasteiger partial charge in [0.2, 0.25) is 10.0 Å². The van der Waals surface area contributed by atoms with Gasteiger partial charge in [-0.25, -0.2) is 8.42 Å². The van der Waals surface area contributed by atoms with E-state index in [1.807, 2.05) is 0 Å². The Morgan fingerprint density at radius 1 is 1.43 bits per heavy atom. The first-order chi connectivity index (χ1) is 9.49. The molecule has 21 heavy (non-hydrogen) atoms. The number of hydrogen-bond acceptors (Lipinski definition) is 3. The van der Waals surface area contributed by atoms with Crippen molar-refractivity contribution >= 4 is 38.8 Å². The van der Waals surface area contributed by atoms with Gasteiger partial charge in [-0.15, -0.1) is 0 Å². The monoisotopic (exact) mass is 360 g/mol. The maximum Gasteiger partial charge on any atom is 0.402 e. The van der Waals surface area contributed by atoms with Crippen molar-refractivity contribution in [1.82, 2.24) is 4.31 Å². The number of rotatable bonds is 5. The van der Waals surface area contributed by atoms with Gasteiger partial charge in [-0.1, -0.05) is 36.8 Å². The molecule has 0 bridgehead atoms. The fourth-order valence-electron chi connectivity index (χ4n) is 1.57. The second kappa shape index (κ2) is 6.47. The van der Waals surface area contributed by atoms with E-state index in [-0.39, 0.29) is 16.6 Å². The van der Waals surface area contributed by atoms with Crippen molar-refractivity contribution in [2.24, 2.45) is 5.73 Å². The largest absolute Gasteiger partial charge is 0.402 e. The molecule has 4 nitrogen and oxygen atoms in total. The summed E-state index contributed by atoms with van der Waals surface area (Å²) in [5.74, 6) is 0. The van der Waals surface area contributed by atoms with Crippen LogP contribution < -0.4 is 5.73 Å². The Morgan fingerprint density at radius 3 is 2.38 bits per heavy atom. The number of nitrogens with two attached hydrogens (primary N) is 1. The molecule has 0 unspecified atom stereocenters. The lowest BCUT2D eigenvalue weighted by molar-refractivity contribution is -0.135. The Balaban J connectivity index is 3.26. The molecule has 2 N–H and O–H groups in total. The Morgan fingerprint density at radius 2 is 2.00 bits per heavy atom. The number of hydrogen-bond donors (Lipinski definition) is 1. The Kier molecular flexibility index (Phi) is 5.59. The van der Waals surface area contributed by atoms with Gasteiger partial charge in [0.1, 0.15) is 16.4 Å². The van der Waals surface area contributed by atoms with Gasteiger partial charge in [-0.05, 0) is 12.1 Å². The van der Waals surface area contributed by atoms with Gasteiger partial charge in [0.15, 0.2) is 0 Å². The molecule has 0 aromatic heterocycles. The highest BCUT2D eigenvalue weighted by Gasteiger charge is 2.36. The number of halogens is 4. The highest BCUT2D eigenvalue weighted by atomic mass is 35.5. The Hall–Kier alpha value is -0.900. The lowest BCUT2D eigenvalue weighted by Crippen LogP contribution is -2.38. The third-order valence-electron chi connectivity index (χ3n) is 2.54. The minimum Gasteiger partial charge on any atom is -0.389 e. The molecule has 0 fully saturated rings. The lowest BCUT2D eigenvalue weighted by Gasteiger charge is -2.22. The van der Waals surface area contributed by atoms with E-state index in [4.69, 9.17) is 29.6 Å². The zero-order valence-corrected chi connectivity index (χ0v) is 13.2. The van der Waals surface area contributed by atoms with Crippen molar-refractivity contribution in [1.29, 1.82) is 0 Å². The summed E-state index contributed by atoms with van der Waals surface area (Å²) in [4.78, 5) is -0.418. The normalized spacial score (nSPS) is 12.7. The van der Waals surface area contributed by atoms with E-state index < -0.39 is 27.6 Å². The van der Waals surface area contributed by atoms with Gasteiger partial charge in [-0.2, -0.15) is 17.5 Å². The molecular weight excluding hydrogens is 349 g/mol. The van der Waals surface area contributed by atoms with E-state index in [9.17, 15) is 21.6 Å². The lowest BCUT2D eigenvalue weighted by atomic mass is 10.2. The van der Waals surface area contributed by atoms with Crippen molar-refractivity contribution < 1.29 is 21.6 Å². The predicted octanol–water partition coefficient (Wildman–Crippen LogP) is 2.55. The highest BCUT2D eigenvalue weighted by Crippen LogP contribution is 2.28. The summed E-state index contributed by atoms with van der Waals surface area (Å²) in [5.41, 5.74) is 5.70. The Bertz CT molecular complexity index is 647. The second-order valence-electron chi connectivity index (χ2n) is 4.06. The van der Waals surface area contributed by atoms with Crippen LogP contribution in [0.5, 0.6) is 0 Å². The van der Waals surface area contributed by atoms with Gasteiger partial charge < -0.3 is 5.73 Å². The zero-order valence-electron chi connectivity index (χ0n) is 10.8. The van der Waals surface area contributed by atoms with Gasteiger partial charge in [0.25, 0.3) is 0 Å². The van der Waals surface area contributed by atoms with Crippen LogP contribution in [0, 0.1) is 0 Å². The van der Waals surface area contributed by atoms with Crippen LogP contribution in [-0.2, 0) is 10.0 Å². The van der Waals surface area contributed by atoms with E-state index in [0.29, 0.717) is 9.87 Å². The fourth-order valence-corrected chi connectivity index (χ4v) is 3.65. The third-order valence-corrected chi connectivity index (χ3v) is 5.18. The molecule has 0 amide bonds. The number of thiocarbonyl (C=S) groups is 1. The van der Waals surface area contributed by atoms with E-state index in [0.717, 1.165) is 6.07 Å². The van der Waals surface area contributed by atoms with Crippen LogP contribution in [0.4, 0.5) is 13.2 Å². The zero-order chi connectivity index (χ0) is 16.4. The summed E-state index contributed by atoms with van der Waals surface area (Å²) in [6.07, 6.45) is -4.64. The molecule has 1 rings (SSSR count). The molecule has 0 aliphatic rings. The summed E-state index contributed by atoms with van der Waals surface area (Å²) in [5, 5.41) is -0.235. The minimum absolute atomic E-state index is 0.00323. The molecule has 0 aliphatic carbocycles. The highest BCUT2D eigenvalue weighted by molar-refractivity contribution is 7.89. The topological polar surface area (TPSA) is 63.4 Å². The summed E-state index contributed by atoms with van der Waals surface area (Å²) in [6.45, 7) is -0.616. The van der Waals surface area contributed by atoms with Crippen molar-refractivity contribution in [3.05, 3.63) is 28.8 Å². The summed E-state index contributed by atoms with van der Waals surface area (Å²) in [7, 11) is -4.36. The maximum absolute atomic E-state index is 12.4. The first kappa shape index (κ1) is 18.1. The molecule has 0 radical (unpaired) electrons. The smallest absolute Gasteiger partial charge is 0.389 e. The minimum atomic E-state index is -4.64. The molecule has 0 atom stereocenters. The fraction of sp³-hybridized carbons (Fsp3) is 0.364. The molecule has 118 valence electrons. The SMILES string of the molecule is CCN(CC(F)(F)F)S(=O)(=O)c1ccc(C(N)=S)cc1Cl. The van der Waals surface area contributed by atoms with Crippen LogP contribution in [0.2, 0.25) is 5.02 Å². The van der Waals surface area contributed by atoms with E-state index in [2.05, 4.69) is 0 Å². The number of benzene rings is 1. The predicted molar refractivity (Wildman–Crippen MR) is 77.8 cm³/mol. The molecule has 0 saturated carbocycles. The van der Waals surface area contributed by atoms with Gasteiger partial charge >= 0.3 is 6.18 Å². The Labute approximate surface area is 130 Å².